The lowest BCUT2D eigenvalue weighted by atomic mass is 9.75. The Bertz CT molecular complexity index is 488. The van der Waals surface area contributed by atoms with Crippen LogP contribution in [-0.4, -0.2) is 49.2 Å². The van der Waals surface area contributed by atoms with Crippen LogP contribution in [0.5, 0.6) is 0 Å². The minimum absolute atomic E-state index is 0.00272. The fourth-order valence-corrected chi connectivity index (χ4v) is 3.70. The van der Waals surface area contributed by atoms with Gasteiger partial charge in [0.05, 0.1) is 13.2 Å². The number of nitrogens with one attached hydrogen (secondary N) is 1. The van der Waals surface area contributed by atoms with Crippen LogP contribution in [-0.2, 0) is 9.53 Å². The van der Waals surface area contributed by atoms with Gasteiger partial charge in [0.2, 0.25) is 5.91 Å². The zero-order valence-corrected chi connectivity index (χ0v) is 13.0. The van der Waals surface area contributed by atoms with E-state index in [2.05, 4.69) is 10.2 Å². The number of thiophene rings is 1. The van der Waals surface area contributed by atoms with E-state index in [4.69, 9.17) is 4.74 Å². The fraction of sp³-hybridized carbons (Fsp3) is 0.562. The zero-order valence-electron chi connectivity index (χ0n) is 12.2. The van der Waals surface area contributed by atoms with Crippen LogP contribution >= 0.6 is 11.3 Å². The molecule has 0 unspecified atom stereocenters. The fourth-order valence-electron chi connectivity index (χ4n) is 3.08. The van der Waals surface area contributed by atoms with Crippen molar-refractivity contribution in [3.05, 3.63) is 28.5 Å². The van der Waals surface area contributed by atoms with Gasteiger partial charge < -0.3 is 10.1 Å². The van der Waals surface area contributed by atoms with Crippen LogP contribution < -0.4 is 5.32 Å². The highest BCUT2D eigenvalue weighted by atomic mass is 32.1. The molecular formula is C16H22N2O2S. The van der Waals surface area contributed by atoms with Gasteiger partial charge in [-0.05, 0) is 36.8 Å². The van der Waals surface area contributed by atoms with Gasteiger partial charge in [-0.15, -0.1) is 11.3 Å². The Morgan fingerprint density at radius 1 is 1.43 bits per heavy atom. The first-order valence-electron chi connectivity index (χ1n) is 7.61. The van der Waals surface area contributed by atoms with Crippen molar-refractivity contribution < 1.29 is 9.53 Å². The molecule has 0 atom stereocenters. The number of carbonyl (C=O) groups is 1. The summed E-state index contributed by atoms with van der Waals surface area (Å²) in [7, 11) is 0. The van der Waals surface area contributed by atoms with Crippen molar-refractivity contribution >= 4 is 23.3 Å². The van der Waals surface area contributed by atoms with Gasteiger partial charge in [-0.3, -0.25) is 9.69 Å². The highest BCUT2D eigenvalue weighted by Crippen LogP contribution is 2.37. The molecule has 3 rings (SSSR count). The monoisotopic (exact) mass is 306 g/mol. The maximum absolute atomic E-state index is 12.0. The average Bonchev–Trinajstić information content (AvgIpc) is 2.98. The van der Waals surface area contributed by atoms with Gasteiger partial charge in [0.1, 0.15) is 0 Å². The number of carbonyl (C=O) groups excluding carboxylic acids is 1. The molecule has 1 N–H and O–H groups in total. The molecule has 1 aliphatic heterocycles. The van der Waals surface area contributed by atoms with Gasteiger partial charge >= 0.3 is 0 Å². The van der Waals surface area contributed by atoms with E-state index in [0.717, 1.165) is 37.7 Å². The predicted octanol–water partition coefficient (Wildman–Crippen LogP) is 2.13. The van der Waals surface area contributed by atoms with Crippen molar-refractivity contribution in [2.24, 2.45) is 0 Å². The zero-order chi connectivity index (χ0) is 14.5. The quantitative estimate of drug-likeness (QED) is 0.847. The number of nitrogens with zero attached hydrogens (tertiary/aromatic N) is 1. The van der Waals surface area contributed by atoms with Crippen LogP contribution in [0.25, 0.3) is 6.08 Å². The van der Waals surface area contributed by atoms with Gasteiger partial charge in [0, 0.05) is 36.1 Å². The molecule has 0 aromatic carbocycles. The van der Waals surface area contributed by atoms with Crippen molar-refractivity contribution in [2.45, 2.75) is 24.8 Å². The normalized spacial score (nSPS) is 22.1. The molecule has 1 saturated carbocycles. The van der Waals surface area contributed by atoms with Crippen LogP contribution in [0.4, 0.5) is 0 Å². The standard InChI is InChI=1S/C16H22N2O2S/c19-15(5-4-14-3-1-12-21-14)17-13-16(6-2-7-16)18-8-10-20-11-9-18/h1,3-5,12H,2,6-11,13H2,(H,17,19)/b5-4+. The molecule has 1 aliphatic carbocycles. The Hall–Kier alpha value is -1.17. The van der Waals surface area contributed by atoms with E-state index >= 15 is 0 Å². The second-order valence-electron chi connectivity index (χ2n) is 5.74. The molecule has 1 aromatic rings. The summed E-state index contributed by atoms with van der Waals surface area (Å²) in [6.45, 7) is 4.35. The molecule has 0 spiro atoms. The third-order valence-corrected chi connectivity index (χ3v) is 5.34. The van der Waals surface area contributed by atoms with E-state index in [0.29, 0.717) is 0 Å². The molecule has 4 nitrogen and oxygen atoms in total. The predicted molar refractivity (Wildman–Crippen MR) is 85.3 cm³/mol. The SMILES string of the molecule is O=C(/C=C/c1cccs1)NCC1(N2CCOCC2)CCC1. The molecule has 0 bridgehead atoms. The molecule has 2 heterocycles. The average molecular weight is 306 g/mol. The maximum atomic E-state index is 12.0. The third-order valence-electron chi connectivity index (χ3n) is 4.50. The summed E-state index contributed by atoms with van der Waals surface area (Å²) >= 11 is 1.64. The lowest BCUT2D eigenvalue weighted by Gasteiger charge is -2.51. The Balaban J connectivity index is 1.51. The van der Waals surface area contributed by atoms with Crippen LogP contribution in [0.1, 0.15) is 24.1 Å². The molecule has 2 fully saturated rings. The molecule has 0 radical (unpaired) electrons. The van der Waals surface area contributed by atoms with Crippen LogP contribution in [0, 0.1) is 0 Å². The number of amides is 1. The highest BCUT2D eigenvalue weighted by molar-refractivity contribution is 7.10. The Morgan fingerprint density at radius 3 is 2.86 bits per heavy atom. The van der Waals surface area contributed by atoms with Gasteiger partial charge in [0.15, 0.2) is 0 Å². The van der Waals surface area contributed by atoms with Gasteiger partial charge in [-0.25, -0.2) is 0 Å². The molecule has 2 aliphatic rings. The van der Waals surface area contributed by atoms with Crippen LogP contribution in [0.2, 0.25) is 0 Å². The minimum Gasteiger partial charge on any atom is -0.379 e. The van der Waals surface area contributed by atoms with E-state index in [1.807, 2.05) is 23.6 Å². The highest BCUT2D eigenvalue weighted by Gasteiger charge is 2.42. The Morgan fingerprint density at radius 2 is 2.24 bits per heavy atom. The molecule has 1 aromatic heterocycles. The smallest absolute Gasteiger partial charge is 0.244 e. The van der Waals surface area contributed by atoms with Crippen molar-refractivity contribution in [2.75, 3.05) is 32.8 Å². The van der Waals surface area contributed by atoms with Crippen molar-refractivity contribution in [3.63, 3.8) is 0 Å². The summed E-state index contributed by atoms with van der Waals surface area (Å²) in [5.41, 5.74) is 0.177. The minimum atomic E-state index is 0.00272. The van der Waals surface area contributed by atoms with E-state index in [9.17, 15) is 4.79 Å². The van der Waals surface area contributed by atoms with Crippen molar-refractivity contribution in [1.82, 2.24) is 10.2 Å². The number of rotatable bonds is 5. The van der Waals surface area contributed by atoms with E-state index < -0.39 is 0 Å². The summed E-state index contributed by atoms with van der Waals surface area (Å²) in [6, 6.07) is 4.00. The van der Waals surface area contributed by atoms with E-state index in [1.165, 1.54) is 19.3 Å². The molecular weight excluding hydrogens is 284 g/mol. The third kappa shape index (κ3) is 3.54. The van der Waals surface area contributed by atoms with Gasteiger partial charge in [-0.2, -0.15) is 0 Å². The summed E-state index contributed by atoms with van der Waals surface area (Å²) in [5, 5.41) is 5.09. The van der Waals surface area contributed by atoms with E-state index in [1.54, 1.807) is 17.4 Å². The Labute approximate surface area is 129 Å². The number of hydrogen-bond donors (Lipinski definition) is 1. The first-order chi connectivity index (χ1) is 10.3. The topological polar surface area (TPSA) is 41.6 Å². The largest absolute Gasteiger partial charge is 0.379 e. The summed E-state index contributed by atoms with van der Waals surface area (Å²) in [5.74, 6) is 0.00272. The first-order valence-corrected chi connectivity index (χ1v) is 8.49. The number of morpholine rings is 1. The van der Waals surface area contributed by atoms with Gasteiger partial charge in [-0.1, -0.05) is 6.07 Å². The summed E-state index contributed by atoms with van der Waals surface area (Å²) in [4.78, 5) is 15.6. The summed E-state index contributed by atoms with van der Waals surface area (Å²) < 4.78 is 5.43. The lowest BCUT2D eigenvalue weighted by molar-refractivity contribution is -0.118. The molecule has 1 amide bonds. The lowest BCUT2D eigenvalue weighted by Crippen LogP contribution is -2.62. The number of hydrogen-bond acceptors (Lipinski definition) is 4. The second kappa shape index (κ2) is 6.73. The second-order valence-corrected chi connectivity index (χ2v) is 6.72. The molecule has 114 valence electrons. The van der Waals surface area contributed by atoms with Crippen molar-refractivity contribution in [3.8, 4) is 0 Å². The Kier molecular flexibility index (Phi) is 4.73. The maximum Gasteiger partial charge on any atom is 0.244 e. The number of ether oxygens (including phenoxy) is 1. The summed E-state index contributed by atoms with van der Waals surface area (Å²) in [6.07, 6.45) is 7.14. The van der Waals surface area contributed by atoms with Crippen LogP contribution in [0.3, 0.4) is 0 Å². The molecule has 5 heteroatoms. The van der Waals surface area contributed by atoms with Crippen LogP contribution in [0.15, 0.2) is 23.6 Å². The van der Waals surface area contributed by atoms with Gasteiger partial charge in [0.25, 0.3) is 0 Å². The van der Waals surface area contributed by atoms with E-state index in [-0.39, 0.29) is 11.4 Å². The van der Waals surface area contributed by atoms with Crippen molar-refractivity contribution in [1.29, 1.82) is 0 Å². The molecule has 21 heavy (non-hydrogen) atoms. The first kappa shape index (κ1) is 14.8. The molecule has 1 saturated heterocycles.